The van der Waals surface area contributed by atoms with Crippen molar-refractivity contribution in [2.24, 2.45) is 0 Å². The third kappa shape index (κ3) is 4.66. The van der Waals surface area contributed by atoms with Crippen LogP contribution < -0.4 is 5.32 Å². The maximum Gasteiger partial charge on any atom is 0.243 e. The standard InChI is InChI=1S/C16H16Br2N2O3S/c1-2-20(24(22,23)13-9-7-12(17)8-10-13)11-16(21)19-15-6-4-3-5-14(15)18/h3-10H,2,11H2,1H3,(H,19,21). The number of nitrogens with one attached hydrogen (secondary N) is 1. The lowest BCUT2D eigenvalue weighted by molar-refractivity contribution is -0.116. The molecule has 0 saturated heterocycles. The summed E-state index contributed by atoms with van der Waals surface area (Å²) in [4.78, 5) is 12.4. The minimum atomic E-state index is -3.73. The van der Waals surface area contributed by atoms with Crippen molar-refractivity contribution in [3.8, 4) is 0 Å². The van der Waals surface area contributed by atoms with E-state index in [1.807, 2.05) is 6.07 Å². The molecule has 0 radical (unpaired) electrons. The summed E-state index contributed by atoms with van der Waals surface area (Å²) in [6.07, 6.45) is 0. The summed E-state index contributed by atoms with van der Waals surface area (Å²) in [5, 5.41) is 2.71. The second-order valence-electron chi connectivity index (χ2n) is 4.91. The molecule has 0 fully saturated rings. The monoisotopic (exact) mass is 474 g/mol. The van der Waals surface area contributed by atoms with Crippen molar-refractivity contribution in [1.82, 2.24) is 4.31 Å². The molecule has 2 rings (SSSR count). The number of likely N-dealkylation sites (N-methyl/N-ethyl adjacent to an activating group) is 1. The highest BCUT2D eigenvalue weighted by Crippen LogP contribution is 2.22. The third-order valence-corrected chi connectivity index (χ3v) is 6.43. The predicted octanol–water partition coefficient (Wildman–Crippen LogP) is 3.86. The highest BCUT2D eigenvalue weighted by molar-refractivity contribution is 9.10. The number of hydrogen-bond acceptors (Lipinski definition) is 3. The lowest BCUT2D eigenvalue weighted by atomic mass is 10.3. The van der Waals surface area contributed by atoms with Gasteiger partial charge in [0.05, 0.1) is 17.1 Å². The Kier molecular flexibility index (Phi) is 6.56. The Hall–Kier alpha value is -1.22. The van der Waals surface area contributed by atoms with Crippen molar-refractivity contribution < 1.29 is 13.2 Å². The number of benzene rings is 2. The zero-order chi connectivity index (χ0) is 17.7. The Morgan fingerprint density at radius 3 is 2.29 bits per heavy atom. The fourth-order valence-electron chi connectivity index (χ4n) is 2.03. The number of nitrogens with zero attached hydrogens (tertiary/aromatic N) is 1. The van der Waals surface area contributed by atoms with Crippen LogP contribution in [0.4, 0.5) is 5.69 Å². The first-order valence-electron chi connectivity index (χ1n) is 7.14. The van der Waals surface area contributed by atoms with E-state index in [4.69, 9.17) is 0 Å². The van der Waals surface area contributed by atoms with Gasteiger partial charge in [0.25, 0.3) is 0 Å². The molecule has 2 aromatic carbocycles. The van der Waals surface area contributed by atoms with Crippen LogP contribution in [0.1, 0.15) is 6.92 Å². The van der Waals surface area contributed by atoms with Crippen molar-refractivity contribution in [1.29, 1.82) is 0 Å². The summed E-state index contributed by atoms with van der Waals surface area (Å²) in [7, 11) is -3.73. The molecule has 128 valence electrons. The molecule has 0 atom stereocenters. The third-order valence-electron chi connectivity index (χ3n) is 3.27. The maximum absolute atomic E-state index is 12.7. The first-order valence-corrected chi connectivity index (χ1v) is 10.2. The molecule has 1 N–H and O–H groups in total. The van der Waals surface area contributed by atoms with Crippen LogP contribution in [0.25, 0.3) is 0 Å². The fraction of sp³-hybridized carbons (Fsp3) is 0.188. The summed E-state index contributed by atoms with van der Waals surface area (Å²) in [5.41, 5.74) is 0.597. The molecule has 0 aliphatic rings. The maximum atomic E-state index is 12.7. The van der Waals surface area contributed by atoms with Crippen LogP contribution in [-0.4, -0.2) is 31.7 Å². The molecule has 0 saturated carbocycles. The van der Waals surface area contributed by atoms with Crippen LogP contribution >= 0.6 is 31.9 Å². The molecule has 1 amide bonds. The average Bonchev–Trinajstić information content (AvgIpc) is 2.55. The number of rotatable bonds is 6. The Balaban J connectivity index is 2.15. The zero-order valence-electron chi connectivity index (χ0n) is 12.9. The molecule has 0 aliphatic carbocycles. The molecule has 0 aliphatic heterocycles. The van der Waals surface area contributed by atoms with E-state index in [0.717, 1.165) is 13.3 Å². The topological polar surface area (TPSA) is 66.5 Å². The number of carbonyl (C=O) groups is 1. The predicted molar refractivity (Wildman–Crippen MR) is 101 cm³/mol. The summed E-state index contributed by atoms with van der Waals surface area (Å²) >= 11 is 6.61. The van der Waals surface area contributed by atoms with Gasteiger partial charge in [0.2, 0.25) is 15.9 Å². The Morgan fingerprint density at radius 1 is 1.08 bits per heavy atom. The average molecular weight is 476 g/mol. The van der Waals surface area contributed by atoms with Crippen LogP contribution in [0.15, 0.2) is 62.4 Å². The first kappa shape index (κ1) is 19.1. The van der Waals surface area contributed by atoms with Gasteiger partial charge >= 0.3 is 0 Å². The number of sulfonamides is 1. The minimum Gasteiger partial charge on any atom is -0.324 e. The van der Waals surface area contributed by atoms with E-state index in [1.165, 1.54) is 12.1 Å². The molecule has 0 heterocycles. The van der Waals surface area contributed by atoms with E-state index >= 15 is 0 Å². The molecule has 2 aromatic rings. The number of carbonyl (C=O) groups excluding carboxylic acids is 1. The normalized spacial score (nSPS) is 11.5. The fourth-order valence-corrected chi connectivity index (χ4v) is 4.09. The number of halogens is 2. The van der Waals surface area contributed by atoms with E-state index in [1.54, 1.807) is 37.3 Å². The van der Waals surface area contributed by atoms with Crippen molar-refractivity contribution in [3.63, 3.8) is 0 Å². The minimum absolute atomic E-state index is 0.154. The van der Waals surface area contributed by atoms with Crippen molar-refractivity contribution in [2.75, 3.05) is 18.4 Å². The SMILES string of the molecule is CCN(CC(=O)Nc1ccccc1Br)S(=O)(=O)c1ccc(Br)cc1. The molecule has 0 aromatic heterocycles. The van der Waals surface area contributed by atoms with E-state index in [-0.39, 0.29) is 18.0 Å². The number of hydrogen-bond donors (Lipinski definition) is 1. The van der Waals surface area contributed by atoms with Gasteiger partial charge in [0, 0.05) is 15.5 Å². The van der Waals surface area contributed by atoms with Gasteiger partial charge < -0.3 is 5.32 Å². The van der Waals surface area contributed by atoms with Crippen LogP contribution in [0.3, 0.4) is 0 Å². The van der Waals surface area contributed by atoms with Crippen molar-refractivity contribution >= 4 is 53.5 Å². The van der Waals surface area contributed by atoms with Gasteiger partial charge in [0.15, 0.2) is 0 Å². The zero-order valence-corrected chi connectivity index (χ0v) is 16.9. The lowest BCUT2D eigenvalue weighted by Gasteiger charge is -2.20. The number of amides is 1. The second kappa shape index (κ2) is 8.24. The Labute approximate surface area is 158 Å². The summed E-state index contributed by atoms with van der Waals surface area (Å²) < 4.78 is 28.0. The molecule has 8 heteroatoms. The van der Waals surface area contributed by atoms with Crippen LogP contribution in [0.5, 0.6) is 0 Å². The second-order valence-corrected chi connectivity index (χ2v) is 8.62. The van der Waals surface area contributed by atoms with Gasteiger partial charge in [-0.2, -0.15) is 4.31 Å². The molecule has 0 bridgehead atoms. The highest BCUT2D eigenvalue weighted by atomic mass is 79.9. The van der Waals surface area contributed by atoms with Crippen LogP contribution in [0.2, 0.25) is 0 Å². The van der Waals surface area contributed by atoms with Gasteiger partial charge in [-0.25, -0.2) is 8.42 Å². The number of anilines is 1. The summed E-state index contributed by atoms with van der Waals surface area (Å²) in [6, 6.07) is 13.5. The van der Waals surface area contributed by atoms with Gasteiger partial charge in [-0.3, -0.25) is 4.79 Å². The number of para-hydroxylation sites is 1. The smallest absolute Gasteiger partial charge is 0.243 e. The van der Waals surface area contributed by atoms with Crippen LogP contribution in [0, 0.1) is 0 Å². The van der Waals surface area contributed by atoms with Gasteiger partial charge in [0.1, 0.15) is 0 Å². The van der Waals surface area contributed by atoms with Gasteiger partial charge in [-0.1, -0.05) is 35.0 Å². The van der Waals surface area contributed by atoms with Gasteiger partial charge in [-0.15, -0.1) is 0 Å². The summed E-state index contributed by atoms with van der Waals surface area (Å²) in [6.45, 7) is 1.64. The first-order chi connectivity index (χ1) is 11.3. The molecule has 5 nitrogen and oxygen atoms in total. The Morgan fingerprint density at radius 2 is 1.71 bits per heavy atom. The van der Waals surface area contributed by atoms with E-state index in [0.29, 0.717) is 5.69 Å². The Bertz CT molecular complexity index is 823. The quantitative estimate of drug-likeness (QED) is 0.689. The van der Waals surface area contributed by atoms with E-state index in [9.17, 15) is 13.2 Å². The molecule has 0 spiro atoms. The molecular weight excluding hydrogens is 460 g/mol. The highest BCUT2D eigenvalue weighted by Gasteiger charge is 2.25. The van der Waals surface area contributed by atoms with E-state index < -0.39 is 15.9 Å². The van der Waals surface area contributed by atoms with Crippen molar-refractivity contribution in [2.45, 2.75) is 11.8 Å². The molecule has 0 unspecified atom stereocenters. The molecule has 24 heavy (non-hydrogen) atoms. The summed E-state index contributed by atoms with van der Waals surface area (Å²) in [5.74, 6) is -0.399. The van der Waals surface area contributed by atoms with Crippen molar-refractivity contribution in [3.05, 3.63) is 57.5 Å². The van der Waals surface area contributed by atoms with Gasteiger partial charge in [-0.05, 0) is 52.3 Å². The molecular formula is C16H16Br2N2O3S. The van der Waals surface area contributed by atoms with Crippen LogP contribution in [-0.2, 0) is 14.8 Å². The largest absolute Gasteiger partial charge is 0.324 e. The lowest BCUT2D eigenvalue weighted by Crippen LogP contribution is -2.37. The van der Waals surface area contributed by atoms with E-state index in [2.05, 4.69) is 37.2 Å².